The molecule has 22 heavy (non-hydrogen) atoms. The summed E-state index contributed by atoms with van der Waals surface area (Å²) in [6.07, 6.45) is 0. The molecule has 2 rings (SSSR count). The van der Waals surface area contributed by atoms with E-state index in [9.17, 15) is 4.79 Å². The van der Waals surface area contributed by atoms with Crippen molar-refractivity contribution >= 4 is 28.8 Å². The topological polar surface area (TPSA) is 59.2 Å². The van der Waals surface area contributed by atoms with Crippen molar-refractivity contribution in [3.8, 4) is 0 Å². The summed E-state index contributed by atoms with van der Waals surface area (Å²) < 4.78 is 0. The van der Waals surface area contributed by atoms with Crippen molar-refractivity contribution in [1.29, 1.82) is 0 Å². The van der Waals surface area contributed by atoms with Gasteiger partial charge in [0.05, 0.1) is 0 Å². The summed E-state index contributed by atoms with van der Waals surface area (Å²) >= 11 is 7.34. The lowest BCUT2D eigenvalue weighted by Crippen LogP contribution is -2.38. The highest BCUT2D eigenvalue weighted by molar-refractivity contribution is 7.09. The monoisotopic (exact) mass is 337 g/mol. The number of hydrogen-bond donors (Lipinski definition) is 1. The largest absolute Gasteiger partial charge is 0.337 e. The highest BCUT2D eigenvalue weighted by Crippen LogP contribution is 2.25. The van der Waals surface area contributed by atoms with Crippen LogP contribution in [0.15, 0.2) is 29.6 Å². The van der Waals surface area contributed by atoms with Crippen molar-refractivity contribution < 1.29 is 4.79 Å². The van der Waals surface area contributed by atoms with Crippen LogP contribution in [0.4, 0.5) is 0 Å². The molecule has 0 saturated heterocycles. The molecule has 118 valence electrons. The van der Waals surface area contributed by atoms with Crippen LogP contribution in [0.3, 0.4) is 0 Å². The second-order valence-corrected chi connectivity index (χ2v) is 6.71. The van der Waals surface area contributed by atoms with E-state index in [0.29, 0.717) is 17.3 Å². The Hall–Kier alpha value is -1.43. The second-order valence-electron chi connectivity index (χ2n) is 5.33. The summed E-state index contributed by atoms with van der Waals surface area (Å²) in [5.74, 6) is 0.114. The number of hydrogen-bond acceptors (Lipinski definition) is 4. The number of nitrogens with two attached hydrogens (primary N) is 1. The molecule has 6 heteroatoms. The molecular weight excluding hydrogens is 318 g/mol. The van der Waals surface area contributed by atoms with Gasteiger partial charge in [-0.1, -0.05) is 30.7 Å². The van der Waals surface area contributed by atoms with Crippen LogP contribution in [0.1, 0.15) is 40.8 Å². The number of nitrogens with zero attached hydrogens (tertiary/aromatic N) is 2. The Morgan fingerprint density at radius 2 is 2.00 bits per heavy atom. The van der Waals surface area contributed by atoms with Gasteiger partial charge < -0.3 is 10.6 Å². The molecule has 0 saturated carbocycles. The van der Waals surface area contributed by atoms with Crippen molar-refractivity contribution in [3.63, 3.8) is 0 Å². The number of thiazole rings is 1. The first-order chi connectivity index (χ1) is 10.4. The summed E-state index contributed by atoms with van der Waals surface area (Å²) in [5, 5.41) is 3.25. The number of carbonyl (C=O) groups is 1. The number of rotatable bonds is 5. The van der Waals surface area contributed by atoms with E-state index in [0.717, 1.165) is 10.6 Å². The van der Waals surface area contributed by atoms with E-state index in [-0.39, 0.29) is 17.9 Å². The normalized spacial score (nSPS) is 13.7. The minimum atomic E-state index is -0.0794. The zero-order valence-corrected chi connectivity index (χ0v) is 14.5. The fourth-order valence-corrected chi connectivity index (χ4v) is 3.02. The molecule has 4 nitrogen and oxygen atoms in total. The Morgan fingerprint density at radius 1 is 1.36 bits per heavy atom. The van der Waals surface area contributed by atoms with E-state index in [1.165, 1.54) is 11.3 Å². The third-order valence-electron chi connectivity index (χ3n) is 4.00. The molecule has 0 fully saturated rings. The molecule has 0 bridgehead atoms. The molecule has 0 unspecified atom stereocenters. The fourth-order valence-electron chi connectivity index (χ4n) is 2.25. The van der Waals surface area contributed by atoms with Crippen LogP contribution in [0.25, 0.3) is 0 Å². The Labute approximate surface area is 139 Å². The predicted molar refractivity (Wildman–Crippen MR) is 91.4 cm³/mol. The minimum absolute atomic E-state index is 0.0386. The third-order valence-corrected chi connectivity index (χ3v) is 5.12. The van der Waals surface area contributed by atoms with E-state index in [1.807, 2.05) is 31.2 Å². The van der Waals surface area contributed by atoms with Crippen molar-refractivity contribution in [2.75, 3.05) is 7.05 Å². The molecule has 2 atom stereocenters. The lowest BCUT2D eigenvalue weighted by molar-refractivity contribution is 0.0721. The number of benzene rings is 1. The minimum Gasteiger partial charge on any atom is -0.337 e. The van der Waals surface area contributed by atoms with Crippen LogP contribution in [0.2, 0.25) is 5.02 Å². The highest BCUT2D eigenvalue weighted by atomic mass is 35.5. The highest BCUT2D eigenvalue weighted by Gasteiger charge is 2.24. The average Bonchev–Trinajstić information content (AvgIpc) is 3.01. The predicted octanol–water partition coefficient (Wildman–Crippen LogP) is 3.52. The third kappa shape index (κ3) is 3.66. The van der Waals surface area contributed by atoms with Gasteiger partial charge in [-0.3, -0.25) is 4.79 Å². The van der Waals surface area contributed by atoms with Gasteiger partial charge in [-0.05, 0) is 24.6 Å². The standard InChI is InChI=1S/C16H20ClN3OS/c1-10(12-4-6-13(17)7-5-12)11(2)20(3)16(21)14-9-22-15(8-18)19-14/h4-7,9-11H,8,18H2,1-3H3/t10-,11+/m0/s1. The lowest BCUT2D eigenvalue weighted by Gasteiger charge is -2.29. The average molecular weight is 338 g/mol. The molecule has 2 N–H and O–H groups in total. The SMILES string of the molecule is C[C@H](c1ccc(Cl)cc1)[C@@H](C)N(C)C(=O)c1csc(CN)n1. The zero-order valence-electron chi connectivity index (χ0n) is 12.9. The van der Waals surface area contributed by atoms with Crippen LogP contribution < -0.4 is 5.73 Å². The maximum Gasteiger partial charge on any atom is 0.273 e. The first kappa shape index (κ1) is 16.9. The van der Waals surface area contributed by atoms with Crippen LogP contribution in [0, 0.1) is 0 Å². The number of carbonyl (C=O) groups excluding carboxylic acids is 1. The van der Waals surface area contributed by atoms with Gasteiger partial charge in [-0.25, -0.2) is 4.98 Å². The van der Waals surface area contributed by atoms with E-state index < -0.39 is 0 Å². The Kier molecular flexibility index (Phi) is 5.56. The molecule has 1 aromatic heterocycles. The van der Waals surface area contributed by atoms with E-state index >= 15 is 0 Å². The van der Waals surface area contributed by atoms with Crippen molar-refractivity contribution in [2.24, 2.45) is 5.73 Å². The van der Waals surface area contributed by atoms with Crippen LogP contribution in [0.5, 0.6) is 0 Å². The number of halogens is 1. The molecule has 0 aliphatic rings. The van der Waals surface area contributed by atoms with Crippen molar-refractivity contribution in [1.82, 2.24) is 9.88 Å². The Morgan fingerprint density at radius 3 is 2.55 bits per heavy atom. The van der Waals surface area contributed by atoms with Gasteiger partial charge in [0.15, 0.2) is 0 Å². The van der Waals surface area contributed by atoms with Gasteiger partial charge in [0, 0.05) is 36.0 Å². The lowest BCUT2D eigenvalue weighted by atomic mass is 9.93. The molecule has 0 spiro atoms. The number of amides is 1. The smallest absolute Gasteiger partial charge is 0.273 e. The summed E-state index contributed by atoms with van der Waals surface area (Å²) in [6, 6.07) is 7.77. The molecule has 1 aromatic carbocycles. The zero-order chi connectivity index (χ0) is 16.3. The van der Waals surface area contributed by atoms with Gasteiger partial charge in [0.2, 0.25) is 0 Å². The van der Waals surface area contributed by atoms with Gasteiger partial charge >= 0.3 is 0 Å². The summed E-state index contributed by atoms with van der Waals surface area (Å²) in [4.78, 5) is 18.5. The summed E-state index contributed by atoms with van der Waals surface area (Å²) in [6.45, 7) is 4.50. The van der Waals surface area contributed by atoms with E-state index in [2.05, 4.69) is 11.9 Å². The van der Waals surface area contributed by atoms with Crippen molar-refractivity contribution in [3.05, 3.63) is 50.9 Å². The molecule has 0 aliphatic heterocycles. The van der Waals surface area contributed by atoms with Gasteiger partial charge in [-0.15, -0.1) is 11.3 Å². The van der Waals surface area contributed by atoms with Gasteiger partial charge in [0.1, 0.15) is 10.7 Å². The Balaban J connectivity index is 2.11. The van der Waals surface area contributed by atoms with E-state index in [1.54, 1.807) is 17.3 Å². The fraction of sp³-hybridized carbons (Fsp3) is 0.375. The summed E-state index contributed by atoms with van der Waals surface area (Å²) in [7, 11) is 1.81. The van der Waals surface area contributed by atoms with Gasteiger partial charge in [-0.2, -0.15) is 0 Å². The summed E-state index contributed by atoms with van der Waals surface area (Å²) in [5.41, 5.74) is 7.16. The number of likely N-dealkylation sites (N-methyl/N-ethyl adjacent to an activating group) is 1. The van der Waals surface area contributed by atoms with Gasteiger partial charge in [0.25, 0.3) is 5.91 Å². The maximum absolute atomic E-state index is 12.5. The van der Waals surface area contributed by atoms with Crippen molar-refractivity contribution in [2.45, 2.75) is 32.4 Å². The molecule has 1 heterocycles. The van der Waals surface area contributed by atoms with Crippen LogP contribution in [-0.4, -0.2) is 28.9 Å². The first-order valence-corrected chi connectivity index (χ1v) is 8.37. The first-order valence-electron chi connectivity index (χ1n) is 7.11. The van der Waals surface area contributed by atoms with E-state index in [4.69, 9.17) is 17.3 Å². The molecular formula is C16H20ClN3OS. The quantitative estimate of drug-likeness (QED) is 0.908. The molecule has 0 radical (unpaired) electrons. The Bertz CT molecular complexity index is 641. The number of aromatic nitrogens is 1. The maximum atomic E-state index is 12.5. The van der Waals surface area contributed by atoms with Crippen LogP contribution >= 0.6 is 22.9 Å². The molecule has 0 aliphatic carbocycles. The molecule has 1 amide bonds. The molecule has 2 aromatic rings. The second kappa shape index (κ2) is 7.22. The van der Waals surface area contributed by atoms with Crippen LogP contribution in [-0.2, 0) is 6.54 Å².